The molecule has 0 heterocycles. The Kier molecular flexibility index (Phi) is 6.36. The summed E-state index contributed by atoms with van der Waals surface area (Å²) >= 11 is 0. The van der Waals surface area contributed by atoms with Gasteiger partial charge in [-0.1, -0.05) is 54.6 Å². The predicted octanol–water partition coefficient (Wildman–Crippen LogP) is 4.06. The van der Waals surface area contributed by atoms with E-state index in [4.69, 9.17) is 4.55 Å². The van der Waals surface area contributed by atoms with Crippen molar-refractivity contribution >= 4 is 21.5 Å². The van der Waals surface area contributed by atoms with Crippen molar-refractivity contribution in [1.82, 2.24) is 0 Å². The Morgan fingerprint density at radius 2 is 0.917 bits per heavy atom. The zero-order valence-corrected chi connectivity index (χ0v) is 13.6. The number of para-hydroxylation sites is 2. The van der Waals surface area contributed by atoms with Crippen LogP contribution in [-0.4, -0.2) is 13.0 Å². The van der Waals surface area contributed by atoms with Crippen LogP contribution in [0, 0.1) is 0 Å². The van der Waals surface area contributed by atoms with Gasteiger partial charge in [-0.15, -0.1) is 0 Å². The van der Waals surface area contributed by atoms with Gasteiger partial charge in [0.25, 0.3) is 10.1 Å². The average molecular weight is 342 g/mol. The number of hydrogen-bond donors (Lipinski definition) is 3. The van der Waals surface area contributed by atoms with Crippen LogP contribution in [0.3, 0.4) is 0 Å². The van der Waals surface area contributed by atoms with Crippen LogP contribution in [0.5, 0.6) is 0 Å². The largest absolute Gasteiger partial charge is 0.301 e. The van der Waals surface area contributed by atoms with E-state index in [1.54, 1.807) is 18.2 Å². The van der Waals surface area contributed by atoms with Crippen molar-refractivity contribution < 1.29 is 13.0 Å². The zero-order valence-electron chi connectivity index (χ0n) is 12.8. The Bertz CT molecular complexity index is 784. The maximum absolute atomic E-state index is 10.4. The predicted molar refractivity (Wildman–Crippen MR) is 96.4 cm³/mol. The first-order chi connectivity index (χ1) is 11.6. The van der Waals surface area contributed by atoms with Crippen LogP contribution in [0.1, 0.15) is 0 Å². The first-order valence-corrected chi connectivity index (χ1v) is 8.64. The summed E-state index contributed by atoms with van der Waals surface area (Å²) in [7, 11) is -4.00. The molecule has 0 saturated carbocycles. The van der Waals surface area contributed by atoms with E-state index < -0.39 is 10.1 Å². The van der Waals surface area contributed by atoms with Crippen molar-refractivity contribution in [2.75, 3.05) is 10.9 Å². The molecule has 0 radical (unpaired) electrons. The number of nitrogens with one attached hydrogen (secondary N) is 2. The van der Waals surface area contributed by atoms with Gasteiger partial charge in [-0.25, -0.2) is 0 Å². The molecule has 0 bridgehead atoms. The minimum Gasteiger partial charge on any atom is -0.301 e. The summed E-state index contributed by atoms with van der Waals surface area (Å²) < 4.78 is 29.2. The SMILES string of the molecule is O=S(=O)(O)c1ccccc1.c1ccc(NNc2ccccc2)cc1. The minimum absolute atomic E-state index is 0.0741. The van der Waals surface area contributed by atoms with Crippen LogP contribution in [0.15, 0.2) is 95.9 Å². The maximum atomic E-state index is 10.4. The summed E-state index contributed by atoms with van der Waals surface area (Å²) in [6.07, 6.45) is 0. The second-order valence-corrected chi connectivity index (χ2v) is 6.19. The molecule has 6 heteroatoms. The molecule has 3 aromatic carbocycles. The van der Waals surface area contributed by atoms with Crippen molar-refractivity contribution in [3.05, 3.63) is 91.0 Å². The molecule has 3 rings (SSSR count). The Balaban J connectivity index is 0.000000185. The summed E-state index contributed by atoms with van der Waals surface area (Å²) in [5.74, 6) is 0. The second kappa shape index (κ2) is 8.71. The smallest absolute Gasteiger partial charge is 0.294 e. The summed E-state index contributed by atoms with van der Waals surface area (Å²) in [5, 5.41) is 0. The first-order valence-electron chi connectivity index (χ1n) is 7.20. The summed E-state index contributed by atoms with van der Waals surface area (Å²) in [5.41, 5.74) is 8.33. The molecule has 0 aliphatic rings. The Hall–Kier alpha value is -2.83. The first kappa shape index (κ1) is 17.5. The lowest BCUT2D eigenvalue weighted by Gasteiger charge is -2.08. The third-order valence-corrected chi connectivity index (χ3v) is 3.81. The molecule has 0 unspecified atom stereocenters. The Labute approximate surface area is 141 Å². The molecule has 0 aromatic heterocycles. The highest BCUT2D eigenvalue weighted by Crippen LogP contribution is 2.08. The van der Waals surface area contributed by atoms with Gasteiger partial charge in [-0.3, -0.25) is 4.55 Å². The lowest BCUT2D eigenvalue weighted by atomic mass is 10.3. The van der Waals surface area contributed by atoms with Crippen LogP contribution in [0.4, 0.5) is 11.4 Å². The normalized spacial score (nSPS) is 10.2. The van der Waals surface area contributed by atoms with Crippen molar-refractivity contribution in [3.63, 3.8) is 0 Å². The summed E-state index contributed by atoms with van der Waals surface area (Å²) in [4.78, 5) is -0.0741. The monoisotopic (exact) mass is 342 g/mol. The molecule has 0 saturated heterocycles. The molecule has 0 aliphatic carbocycles. The van der Waals surface area contributed by atoms with Gasteiger partial charge in [0.2, 0.25) is 0 Å². The molecule has 0 fully saturated rings. The van der Waals surface area contributed by atoms with Crippen LogP contribution in [-0.2, 0) is 10.1 Å². The van der Waals surface area contributed by atoms with Crippen LogP contribution in [0.25, 0.3) is 0 Å². The van der Waals surface area contributed by atoms with E-state index in [0.717, 1.165) is 11.4 Å². The highest BCUT2D eigenvalue weighted by Gasteiger charge is 2.05. The van der Waals surface area contributed by atoms with E-state index in [1.165, 1.54) is 12.1 Å². The fourth-order valence-electron chi connectivity index (χ4n) is 1.78. The van der Waals surface area contributed by atoms with E-state index in [-0.39, 0.29) is 4.90 Å². The van der Waals surface area contributed by atoms with E-state index in [1.807, 2.05) is 60.7 Å². The van der Waals surface area contributed by atoms with Gasteiger partial charge >= 0.3 is 0 Å². The van der Waals surface area contributed by atoms with Gasteiger partial charge in [0, 0.05) is 0 Å². The third-order valence-electron chi connectivity index (χ3n) is 2.94. The third kappa shape index (κ3) is 6.12. The Morgan fingerprint density at radius 3 is 1.21 bits per heavy atom. The fraction of sp³-hybridized carbons (Fsp3) is 0. The van der Waals surface area contributed by atoms with Crippen LogP contribution >= 0.6 is 0 Å². The van der Waals surface area contributed by atoms with Crippen molar-refractivity contribution in [2.45, 2.75) is 4.90 Å². The zero-order chi connectivity index (χ0) is 17.3. The molecule has 0 spiro atoms. The van der Waals surface area contributed by atoms with Gasteiger partial charge in [0.05, 0.1) is 16.3 Å². The Morgan fingerprint density at radius 1 is 0.583 bits per heavy atom. The molecule has 5 nitrogen and oxygen atoms in total. The van der Waals surface area contributed by atoms with Crippen molar-refractivity contribution in [3.8, 4) is 0 Å². The molecule has 3 aromatic rings. The van der Waals surface area contributed by atoms with Gasteiger partial charge in [0.1, 0.15) is 0 Å². The molecule has 24 heavy (non-hydrogen) atoms. The van der Waals surface area contributed by atoms with E-state index in [2.05, 4.69) is 10.9 Å². The van der Waals surface area contributed by atoms with E-state index in [9.17, 15) is 8.42 Å². The second-order valence-electron chi connectivity index (χ2n) is 4.77. The number of anilines is 2. The van der Waals surface area contributed by atoms with Gasteiger partial charge in [0.15, 0.2) is 0 Å². The quantitative estimate of drug-likeness (QED) is 0.492. The van der Waals surface area contributed by atoms with Gasteiger partial charge in [-0.2, -0.15) is 8.42 Å². The molecule has 0 amide bonds. The van der Waals surface area contributed by atoms with Crippen LogP contribution in [0.2, 0.25) is 0 Å². The molecular weight excluding hydrogens is 324 g/mol. The van der Waals surface area contributed by atoms with Gasteiger partial charge < -0.3 is 10.9 Å². The topological polar surface area (TPSA) is 78.4 Å². The van der Waals surface area contributed by atoms with Crippen molar-refractivity contribution in [2.24, 2.45) is 0 Å². The fourth-order valence-corrected chi connectivity index (χ4v) is 2.28. The van der Waals surface area contributed by atoms with E-state index in [0.29, 0.717) is 0 Å². The molecule has 0 aliphatic heterocycles. The number of hydrogen-bond acceptors (Lipinski definition) is 4. The number of benzene rings is 3. The molecular formula is C18H18N2O3S. The van der Waals surface area contributed by atoms with Crippen LogP contribution < -0.4 is 10.9 Å². The maximum Gasteiger partial charge on any atom is 0.294 e. The highest BCUT2D eigenvalue weighted by atomic mass is 32.2. The number of rotatable bonds is 4. The van der Waals surface area contributed by atoms with Gasteiger partial charge in [-0.05, 0) is 36.4 Å². The number of hydrazine groups is 1. The molecule has 124 valence electrons. The minimum atomic E-state index is -4.00. The average Bonchev–Trinajstić information content (AvgIpc) is 2.62. The standard InChI is InChI=1S/C12H12N2.C6H6O3S/c1-3-7-11(8-4-1)13-14-12-9-5-2-6-10-12;7-10(8,9)6-4-2-1-3-5-6/h1-10,13-14H;1-5H,(H,7,8,9). The summed E-state index contributed by atoms with van der Waals surface area (Å²) in [6.45, 7) is 0. The lowest BCUT2D eigenvalue weighted by Crippen LogP contribution is -2.07. The summed E-state index contributed by atoms with van der Waals surface area (Å²) in [6, 6.07) is 27.4. The lowest BCUT2D eigenvalue weighted by molar-refractivity contribution is 0.483. The van der Waals surface area contributed by atoms with Crippen molar-refractivity contribution in [1.29, 1.82) is 0 Å². The molecule has 0 atom stereocenters. The molecule has 3 N–H and O–H groups in total. The van der Waals surface area contributed by atoms with E-state index >= 15 is 0 Å². The highest BCUT2D eigenvalue weighted by molar-refractivity contribution is 7.85.